The van der Waals surface area contributed by atoms with Crippen LogP contribution in [0.3, 0.4) is 0 Å². The van der Waals surface area contributed by atoms with Crippen LogP contribution in [0.5, 0.6) is 0 Å². The molecule has 1 aromatic carbocycles. The molecule has 1 aromatic rings. The Kier molecular flexibility index (Phi) is 5.27. The van der Waals surface area contributed by atoms with Gasteiger partial charge in [0.25, 0.3) is 0 Å². The van der Waals surface area contributed by atoms with Crippen molar-refractivity contribution in [3.8, 4) is 11.8 Å². The van der Waals surface area contributed by atoms with Crippen LogP contribution in [0.2, 0.25) is 0 Å². The summed E-state index contributed by atoms with van der Waals surface area (Å²) in [6.45, 7) is 5.27. The molecule has 5 heteroatoms. The van der Waals surface area contributed by atoms with E-state index in [9.17, 15) is 14.0 Å². The number of aldehydes is 1. The molecule has 0 aliphatic carbocycles. The molecule has 0 saturated carbocycles. The molecule has 0 fully saturated rings. The van der Waals surface area contributed by atoms with Gasteiger partial charge >= 0.3 is 6.09 Å². The number of benzene rings is 1. The predicted octanol–water partition coefficient (Wildman–Crippen LogP) is 2.51. The van der Waals surface area contributed by atoms with Crippen LogP contribution >= 0.6 is 0 Å². The summed E-state index contributed by atoms with van der Waals surface area (Å²) in [6, 6.07) is 4.37. The van der Waals surface area contributed by atoms with Crippen molar-refractivity contribution in [2.24, 2.45) is 0 Å². The highest BCUT2D eigenvalue weighted by Crippen LogP contribution is 2.09. The Hall–Kier alpha value is -2.35. The SMILES string of the molecule is CC(C)(C)OC(=O)NCC#Cc1cccc(C=O)c1F. The van der Waals surface area contributed by atoms with Crippen molar-refractivity contribution in [1.82, 2.24) is 5.32 Å². The lowest BCUT2D eigenvalue weighted by atomic mass is 10.1. The largest absolute Gasteiger partial charge is 0.444 e. The van der Waals surface area contributed by atoms with Crippen molar-refractivity contribution in [2.75, 3.05) is 6.54 Å². The van der Waals surface area contributed by atoms with Crippen molar-refractivity contribution in [1.29, 1.82) is 0 Å². The van der Waals surface area contributed by atoms with Crippen LogP contribution in [0.25, 0.3) is 0 Å². The fourth-order valence-electron chi connectivity index (χ4n) is 1.31. The second-order valence-electron chi connectivity index (χ2n) is 4.98. The molecule has 0 radical (unpaired) electrons. The van der Waals surface area contributed by atoms with E-state index in [1.165, 1.54) is 18.2 Å². The van der Waals surface area contributed by atoms with Crippen LogP contribution in [0, 0.1) is 17.7 Å². The first-order valence-corrected chi connectivity index (χ1v) is 6.03. The molecule has 1 rings (SSSR count). The van der Waals surface area contributed by atoms with Gasteiger partial charge in [-0.25, -0.2) is 9.18 Å². The number of nitrogens with one attached hydrogen (secondary N) is 1. The van der Waals surface area contributed by atoms with Crippen molar-refractivity contribution in [3.05, 3.63) is 35.1 Å². The van der Waals surface area contributed by atoms with Gasteiger partial charge in [0.05, 0.1) is 17.7 Å². The van der Waals surface area contributed by atoms with Crippen LogP contribution in [-0.4, -0.2) is 24.5 Å². The average Bonchev–Trinajstić information content (AvgIpc) is 2.34. The molecule has 0 atom stereocenters. The minimum absolute atomic E-state index is 0.0275. The van der Waals surface area contributed by atoms with Crippen molar-refractivity contribution in [3.63, 3.8) is 0 Å². The summed E-state index contributed by atoms with van der Waals surface area (Å²) in [6.07, 6.45) is -0.159. The van der Waals surface area contributed by atoms with Gasteiger partial charge in [-0.15, -0.1) is 0 Å². The van der Waals surface area contributed by atoms with Gasteiger partial charge in [0, 0.05) is 0 Å². The van der Waals surface area contributed by atoms with Gasteiger partial charge < -0.3 is 10.1 Å². The van der Waals surface area contributed by atoms with Gasteiger partial charge in [0.1, 0.15) is 11.4 Å². The lowest BCUT2D eigenvalue weighted by Gasteiger charge is -2.18. The molecule has 0 aromatic heterocycles. The van der Waals surface area contributed by atoms with Gasteiger partial charge in [0.2, 0.25) is 0 Å². The number of alkyl carbamates (subject to hydrolysis) is 1. The number of rotatable bonds is 2. The molecule has 0 unspecified atom stereocenters. The van der Waals surface area contributed by atoms with Gasteiger partial charge in [0.15, 0.2) is 6.29 Å². The monoisotopic (exact) mass is 277 g/mol. The van der Waals surface area contributed by atoms with Gasteiger partial charge in [-0.3, -0.25) is 4.79 Å². The highest BCUT2D eigenvalue weighted by Gasteiger charge is 2.15. The second-order valence-corrected chi connectivity index (χ2v) is 4.98. The van der Waals surface area contributed by atoms with Crippen molar-refractivity contribution >= 4 is 12.4 Å². The first kappa shape index (κ1) is 15.7. The number of carbonyl (C=O) groups is 2. The molecule has 1 N–H and O–H groups in total. The fraction of sp³-hybridized carbons (Fsp3) is 0.333. The minimum Gasteiger partial charge on any atom is -0.444 e. The number of hydrogen-bond acceptors (Lipinski definition) is 3. The Balaban J connectivity index is 2.60. The Morgan fingerprint density at radius 1 is 1.45 bits per heavy atom. The normalized spacial score (nSPS) is 10.2. The van der Waals surface area contributed by atoms with E-state index in [-0.39, 0.29) is 17.7 Å². The number of ether oxygens (including phenoxy) is 1. The van der Waals surface area contributed by atoms with Crippen molar-refractivity contribution < 1.29 is 18.7 Å². The molecule has 106 valence electrons. The summed E-state index contributed by atoms with van der Waals surface area (Å²) in [4.78, 5) is 21.9. The summed E-state index contributed by atoms with van der Waals surface area (Å²) in [5.41, 5.74) is -0.514. The number of hydrogen-bond donors (Lipinski definition) is 1. The lowest BCUT2D eigenvalue weighted by Crippen LogP contribution is -2.32. The summed E-state index contributed by atoms with van der Waals surface area (Å²) in [7, 11) is 0. The van der Waals surface area contributed by atoms with E-state index in [1.807, 2.05) is 0 Å². The van der Waals surface area contributed by atoms with Crippen LogP contribution in [0.15, 0.2) is 18.2 Å². The predicted molar refractivity (Wildman–Crippen MR) is 72.9 cm³/mol. The zero-order chi connectivity index (χ0) is 15.2. The Labute approximate surface area is 117 Å². The quantitative estimate of drug-likeness (QED) is 0.667. The topological polar surface area (TPSA) is 55.4 Å². The van der Waals surface area contributed by atoms with Crippen LogP contribution in [0.4, 0.5) is 9.18 Å². The summed E-state index contributed by atoms with van der Waals surface area (Å²) < 4.78 is 18.6. The Morgan fingerprint density at radius 2 is 2.15 bits per heavy atom. The molecule has 0 spiro atoms. The van der Waals surface area contributed by atoms with Gasteiger partial charge in [-0.1, -0.05) is 17.9 Å². The van der Waals surface area contributed by atoms with E-state index in [1.54, 1.807) is 20.8 Å². The van der Waals surface area contributed by atoms with E-state index in [0.717, 1.165) is 0 Å². The number of halogens is 1. The van der Waals surface area contributed by atoms with Crippen molar-refractivity contribution in [2.45, 2.75) is 26.4 Å². The summed E-state index contributed by atoms with van der Waals surface area (Å²) in [5, 5.41) is 2.43. The fourth-order valence-corrected chi connectivity index (χ4v) is 1.31. The smallest absolute Gasteiger partial charge is 0.408 e. The number of amides is 1. The van der Waals surface area contributed by atoms with Crippen LogP contribution in [-0.2, 0) is 4.74 Å². The summed E-state index contributed by atoms with van der Waals surface area (Å²) >= 11 is 0. The van der Waals surface area contributed by atoms with Gasteiger partial charge in [-0.05, 0) is 32.9 Å². The van der Waals surface area contributed by atoms with E-state index in [0.29, 0.717) is 6.29 Å². The zero-order valence-electron chi connectivity index (χ0n) is 11.6. The molecular weight excluding hydrogens is 261 g/mol. The number of carbonyl (C=O) groups excluding carboxylic acids is 2. The molecule has 0 heterocycles. The third-order valence-electron chi connectivity index (χ3n) is 2.10. The molecular formula is C15H16FNO3. The standard InChI is InChI=1S/C15H16FNO3/c1-15(2,3)20-14(19)17-9-5-8-11-6-4-7-12(10-18)13(11)16/h4,6-7,10H,9H2,1-3H3,(H,17,19). The molecule has 20 heavy (non-hydrogen) atoms. The first-order chi connectivity index (χ1) is 9.33. The maximum atomic E-state index is 13.6. The van der Waals surface area contributed by atoms with E-state index < -0.39 is 17.5 Å². The molecule has 0 aliphatic rings. The Morgan fingerprint density at radius 3 is 2.75 bits per heavy atom. The highest BCUT2D eigenvalue weighted by atomic mass is 19.1. The van der Waals surface area contributed by atoms with Crippen LogP contribution < -0.4 is 5.32 Å². The lowest BCUT2D eigenvalue weighted by molar-refractivity contribution is 0.0535. The third-order valence-corrected chi connectivity index (χ3v) is 2.10. The molecule has 1 amide bonds. The minimum atomic E-state index is -0.660. The molecule has 0 bridgehead atoms. The van der Waals surface area contributed by atoms with Gasteiger partial charge in [-0.2, -0.15) is 0 Å². The van der Waals surface area contributed by atoms with E-state index >= 15 is 0 Å². The first-order valence-electron chi connectivity index (χ1n) is 6.03. The average molecular weight is 277 g/mol. The summed E-state index contributed by atoms with van der Waals surface area (Å²) in [5.74, 6) is 4.48. The molecule has 0 saturated heterocycles. The van der Waals surface area contributed by atoms with Crippen LogP contribution in [0.1, 0.15) is 36.7 Å². The third kappa shape index (κ3) is 5.11. The zero-order valence-corrected chi connectivity index (χ0v) is 11.6. The van der Waals surface area contributed by atoms with E-state index in [2.05, 4.69) is 17.2 Å². The molecule has 4 nitrogen and oxygen atoms in total. The Bertz CT molecular complexity index is 565. The maximum absolute atomic E-state index is 13.6. The molecule has 0 aliphatic heterocycles. The maximum Gasteiger partial charge on any atom is 0.408 e. The van der Waals surface area contributed by atoms with E-state index in [4.69, 9.17) is 4.74 Å². The second kappa shape index (κ2) is 6.71. The highest BCUT2D eigenvalue weighted by molar-refractivity contribution is 5.76.